The first kappa shape index (κ1) is 50.0. The van der Waals surface area contributed by atoms with Gasteiger partial charge in [0.25, 0.3) is 11.8 Å². The minimum Gasteiger partial charge on any atom is -0.444 e. The molecule has 16 nitrogen and oxygen atoms in total. The van der Waals surface area contributed by atoms with Crippen LogP contribution in [0.2, 0.25) is 0 Å². The van der Waals surface area contributed by atoms with Crippen molar-refractivity contribution in [2.75, 3.05) is 103 Å². The Morgan fingerprint density at radius 2 is 1.15 bits per heavy atom. The van der Waals surface area contributed by atoms with Crippen LogP contribution < -0.4 is 15.1 Å². The normalized spacial score (nSPS) is 26.0. The van der Waals surface area contributed by atoms with Crippen LogP contribution in [0.5, 0.6) is 0 Å². The average Bonchev–Trinajstić information content (AvgIpc) is 4.14. The predicted molar refractivity (Wildman–Crippen MR) is 239 cm³/mol. The fourth-order valence-electron chi connectivity index (χ4n) is 9.54. The Balaban J connectivity index is 0.000000203. The van der Waals surface area contributed by atoms with Crippen LogP contribution in [0.15, 0.2) is 36.4 Å². The highest BCUT2D eigenvalue weighted by Crippen LogP contribution is 2.34. The lowest BCUT2D eigenvalue weighted by atomic mass is 10.1. The number of hydrogen-bond donors (Lipinski definition) is 1. The molecule has 6 saturated heterocycles. The van der Waals surface area contributed by atoms with E-state index in [4.69, 9.17) is 14.2 Å². The van der Waals surface area contributed by atoms with Crippen LogP contribution in [0.3, 0.4) is 0 Å². The topological polar surface area (TPSA) is 148 Å². The summed E-state index contributed by atoms with van der Waals surface area (Å²) in [6, 6.07) is 3.77. The number of ether oxygens (including phenoxy) is 3. The number of halogens is 4. The summed E-state index contributed by atoms with van der Waals surface area (Å²) in [6.45, 7) is 11.9. The Morgan fingerprint density at radius 1 is 0.672 bits per heavy atom. The van der Waals surface area contributed by atoms with Crippen molar-refractivity contribution >= 4 is 41.1 Å². The first-order chi connectivity index (χ1) is 31.9. The number of hydrogen-bond acceptors (Lipinski definition) is 11. The number of carbonyl (C=O) groups is 5. The van der Waals surface area contributed by atoms with Crippen molar-refractivity contribution in [3.05, 3.63) is 59.7 Å². The first-order valence-electron chi connectivity index (χ1n) is 23.4. The molecule has 2 aromatic carbocycles. The summed E-state index contributed by atoms with van der Waals surface area (Å²) >= 11 is 0. The van der Waals surface area contributed by atoms with Crippen molar-refractivity contribution in [2.24, 2.45) is 0 Å². The van der Waals surface area contributed by atoms with E-state index in [0.29, 0.717) is 84.7 Å². The number of benzene rings is 2. The van der Waals surface area contributed by atoms with Gasteiger partial charge in [0.05, 0.1) is 29.5 Å². The molecule has 368 valence electrons. The standard InChI is InChI=1S/C26H36F2N4O5.C21H28F2N4O3/c1-26(2,3)37-25(35)31-16-18(15-21(31)23(33)30-11-9-29(4)10-12-30)32(24(34)22-6-5-13-36-22)20-8-7-17(27)14-19(20)28;1-25-6-8-26(9-7-25)20(28)17-12-15(13-24-17)27(21(29)19-3-2-10-30-19)18-5-4-14(22)11-16(18)23/h7-8,14,18,21-22H,5-6,9-13,15-16H2,1-4H3;4-5,11,15,17,19,24H,2-3,6-10,12-13H2,1H3/t18-,21-,22-;15-,17-,19-/m00/s1. The highest BCUT2D eigenvalue weighted by Gasteiger charge is 2.48. The van der Waals surface area contributed by atoms with Crippen molar-refractivity contribution in [3.8, 4) is 0 Å². The molecule has 0 unspecified atom stereocenters. The summed E-state index contributed by atoms with van der Waals surface area (Å²) in [6.07, 6.45) is 0.894. The summed E-state index contributed by atoms with van der Waals surface area (Å²) in [5.74, 6) is -4.19. The fraction of sp³-hybridized carbons (Fsp3) is 0.638. The number of nitrogens with zero attached hydrogens (tertiary/aromatic N) is 7. The molecule has 5 amide bonds. The maximum atomic E-state index is 15.0. The number of likely N-dealkylation sites (N-methyl/N-ethyl adjacent to an activating group) is 2. The molecule has 1 N–H and O–H groups in total. The molecular weight excluding hydrogens is 881 g/mol. The highest BCUT2D eigenvalue weighted by molar-refractivity contribution is 5.99. The van der Waals surface area contributed by atoms with Gasteiger partial charge in [-0.3, -0.25) is 24.1 Å². The lowest BCUT2D eigenvalue weighted by Gasteiger charge is -2.36. The Hall–Kier alpha value is -4.89. The Kier molecular flexibility index (Phi) is 16.1. The lowest BCUT2D eigenvalue weighted by Crippen LogP contribution is -2.54. The second kappa shape index (κ2) is 21.6. The zero-order valence-corrected chi connectivity index (χ0v) is 39.1. The quantitative estimate of drug-likeness (QED) is 0.388. The van der Waals surface area contributed by atoms with Gasteiger partial charge >= 0.3 is 6.09 Å². The number of piperazine rings is 2. The molecule has 0 radical (unpaired) electrons. The van der Waals surface area contributed by atoms with Gasteiger partial charge in [0.15, 0.2) is 0 Å². The van der Waals surface area contributed by atoms with Crippen LogP contribution in [-0.4, -0.2) is 189 Å². The molecule has 6 fully saturated rings. The third-order valence-corrected chi connectivity index (χ3v) is 13.2. The number of carbonyl (C=O) groups excluding carboxylic acids is 5. The Bertz CT molecular complexity index is 2100. The Morgan fingerprint density at radius 3 is 1.60 bits per heavy atom. The lowest BCUT2D eigenvalue weighted by molar-refractivity contribution is -0.137. The maximum Gasteiger partial charge on any atom is 0.411 e. The zero-order valence-electron chi connectivity index (χ0n) is 39.1. The second-order valence-corrected chi connectivity index (χ2v) is 19.3. The molecule has 20 heteroatoms. The van der Waals surface area contributed by atoms with E-state index in [2.05, 4.69) is 15.1 Å². The van der Waals surface area contributed by atoms with E-state index < -0.39 is 77.2 Å². The van der Waals surface area contributed by atoms with Gasteiger partial charge < -0.3 is 48.9 Å². The molecule has 8 rings (SSSR count). The van der Waals surface area contributed by atoms with Crippen molar-refractivity contribution in [1.29, 1.82) is 0 Å². The van der Waals surface area contributed by atoms with Gasteiger partial charge in [-0.25, -0.2) is 22.4 Å². The summed E-state index contributed by atoms with van der Waals surface area (Å²) in [5, 5.41) is 3.21. The van der Waals surface area contributed by atoms with Gasteiger partial charge in [0.1, 0.15) is 47.1 Å². The fourth-order valence-corrected chi connectivity index (χ4v) is 9.54. The molecule has 6 aliphatic rings. The van der Waals surface area contributed by atoms with Gasteiger partial charge in [-0.05, 0) is 97.7 Å². The number of amides is 5. The van der Waals surface area contributed by atoms with Crippen molar-refractivity contribution in [1.82, 2.24) is 29.8 Å². The van der Waals surface area contributed by atoms with E-state index in [1.54, 1.807) is 25.7 Å². The summed E-state index contributed by atoms with van der Waals surface area (Å²) in [7, 11) is 4.00. The third kappa shape index (κ3) is 12.1. The molecule has 67 heavy (non-hydrogen) atoms. The van der Waals surface area contributed by atoms with E-state index in [1.807, 2.05) is 19.0 Å². The van der Waals surface area contributed by atoms with Gasteiger partial charge in [0, 0.05) is 90.8 Å². The van der Waals surface area contributed by atoms with E-state index in [-0.39, 0.29) is 42.1 Å². The van der Waals surface area contributed by atoms with Gasteiger partial charge in [-0.15, -0.1) is 0 Å². The molecule has 6 aliphatic heterocycles. The molecule has 2 aromatic rings. The second-order valence-electron chi connectivity index (χ2n) is 19.3. The molecule has 6 atom stereocenters. The summed E-state index contributed by atoms with van der Waals surface area (Å²) < 4.78 is 73.5. The number of likely N-dealkylation sites (tertiary alicyclic amines) is 1. The maximum absolute atomic E-state index is 15.0. The molecule has 0 bridgehead atoms. The van der Waals surface area contributed by atoms with E-state index in [9.17, 15) is 37.1 Å². The molecule has 0 saturated carbocycles. The van der Waals surface area contributed by atoms with Crippen LogP contribution >= 0.6 is 0 Å². The van der Waals surface area contributed by atoms with Crippen LogP contribution in [-0.2, 0) is 33.4 Å². The van der Waals surface area contributed by atoms with Crippen LogP contribution in [0.4, 0.5) is 33.7 Å². The largest absolute Gasteiger partial charge is 0.444 e. The number of anilines is 2. The van der Waals surface area contributed by atoms with Gasteiger partial charge in [-0.2, -0.15) is 0 Å². The molecule has 0 aromatic heterocycles. The monoisotopic (exact) mass is 944 g/mol. The van der Waals surface area contributed by atoms with Gasteiger partial charge in [-0.1, -0.05) is 0 Å². The molecular formula is C47H64F4N8O8. The van der Waals surface area contributed by atoms with Crippen LogP contribution in [0, 0.1) is 23.3 Å². The minimum absolute atomic E-state index is 0.00898. The predicted octanol–water partition coefficient (Wildman–Crippen LogP) is 3.61. The van der Waals surface area contributed by atoms with Crippen LogP contribution in [0.25, 0.3) is 0 Å². The first-order valence-corrected chi connectivity index (χ1v) is 23.4. The van der Waals surface area contributed by atoms with E-state index in [0.717, 1.165) is 43.8 Å². The van der Waals surface area contributed by atoms with E-state index >= 15 is 4.39 Å². The smallest absolute Gasteiger partial charge is 0.411 e. The molecule has 0 aliphatic carbocycles. The Labute approximate surface area is 389 Å². The minimum atomic E-state index is -0.899. The van der Waals surface area contributed by atoms with Crippen molar-refractivity contribution in [2.45, 2.75) is 101 Å². The van der Waals surface area contributed by atoms with Crippen molar-refractivity contribution < 1.29 is 55.7 Å². The zero-order chi connectivity index (χ0) is 48.2. The highest BCUT2D eigenvalue weighted by atomic mass is 19.1. The summed E-state index contributed by atoms with van der Waals surface area (Å²) in [5.41, 5.74) is -0.882. The summed E-state index contributed by atoms with van der Waals surface area (Å²) in [4.78, 5) is 78.4. The number of nitrogens with one attached hydrogen (secondary N) is 1. The van der Waals surface area contributed by atoms with Gasteiger partial charge in [0.2, 0.25) is 11.8 Å². The molecule has 6 heterocycles. The van der Waals surface area contributed by atoms with E-state index in [1.165, 1.54) is 26.8 Å². The number of rotatable bonds is 8. The average molecular weight is 945 g/mol. The third-order valence-electron chi connectivity index (χ3n) is 13.2. The molecule has 0 spiro atoms. The van der Waals surface area contributed by atoms with Crippen molar-refractivity contribution in [3.63, 3.8) is 0 Å². The van der Waals surface area contributed by atoms with Crippen LogP contribution in [0.1, 0.15) is 59.3 Å². The SMILES string of the molecule is CN1CCN(C(=O)[C@@H]2C[C@H](N(C(=O)[C@@H]3CCCO3)c3ccc(F)cc3F)CN2)CC1.CN1CCN(C(=O)[C@@H]2C[C@H](N(C(=O)[C@@H]3CCCO3)c3ccc(F)cc3F)CN2C(=O)OC(C)(C)C)CC1.